The summed E-state index contributed by atoms with van der Waals surface area (Å²) in [6.45, 7) is 0. The van der Waals surface area contributed by atoms with E-state index in [4.69, 9.17) is 0 Å². The van der Waals surface area contributed by atoms with Gasteiger partial charge in [-0.25, -0.2) is 0 Å². The Morgan fingerprint density at radius 3 is 2.14 bits per heavy atom. The van der Waals surface area contributed by atoms with E-state index in [9.17, 15) is 9.59 Å². The van der Waals surface area contributed by atoms with Crippen molar-refractivity contribution in [3.63, 3.8) is 0 Å². The lowest BCUT2D eigenvalue weighted by Gasteiger charge is -2.07. The highest BCUT2D eigenvalue weighted by molar-refractivity contribution is 6.11. The summed E-state index contributed by atoms with van der Waals surface area (Å²) in [5.41, 5.74) is 2.44. The molecule has 2 rings (SSSR count). The van der Waals surface area contributed by atoms with Crippen LogP contribution in [0.1, 0.15) is 10.4 Å². The molecule has 0 saturated heterocycles. The molecule has 3 nitrogen and oxygen atoms in total. The molecule has 0 saturated carbocycles. The molecule has 1 amide bonds. The van der Waals surface area contributed by atoms with E-state index >= 15 is 0 Å². The zero-order chi connectivity index (χ0) is 15.2. The monoisotopic (exact) mass is 279 g/mol. The maximum absolute atomic E-state index is 12.3. The molecule has 0 aliphatic heterocycles. The van der Waals surface area contributed by atoms with Crippen LogP contribution in [-0.4, -0.2) is 30.7 Å². The minimum Gasteiger partial charge on any atom is -0.345 e. The zero-order valence-electron chi connectivity index (χ0n) is 12.1. The third-order valence-corrected chi connectivity index (χ3v) is 3.10. The number of rotatable bonds is 4. The van der Waals surface area contributed by atoms with Gasteiger partial charge in [0, 0.05) is 25.7 Å². The van der Waals surface area contributed by atoms with Gasteiger partial charge in [-0.15, -0.1) is 0 Å². The number of carbonyl (C=O) groups excluding carboxylic acids is 2. The average Bonchev–Trinajstić information content (AvgIpc) is 2.53. The van der Waals surface area contributed by atoms with Crippen molar-refractivity contribution >= 4 is 11.7 Å². The fourth-order valence-electron chi connectivity index (χ4n) is 1.95. The number of hydrogen-bond donors (Lipinski definition) is 0. The molecule has 0 fully saturated rings. The summed E-state index contributed by atoms with van der Waals surface area (Å²) in [5, 5.41) is 0. The van der Waals surface area contributed by atoms with Gasteiger partial charge >= 0.3 is 0 Å². The van der Waals surface area contributed by atoms with E-state index in [1.165, 1.54) is 17.1 Å². The zero-order valence-corrected chi connectivity index (χ0v) is 12.1. The fraction of sp³-hybridized carbons (Fsp3) is 0.111. The lowest BCUT2D eigenvalue weighted by Crippen LogP contribution is -2.19. The second-order valence-electron chi connectivity index (χ2n) is 4.84. The number of likely N-dealkylation sites (N-methyl/N-ethyl adjacent to an activating group) is 1. The highest BCUT2D eigenvalue weighted by atomic mass is 16.2. The van der Waals surface area contributed by atoms with E-state index < -0.39 is 0 Å². The summed E-state index contributed by atoms with van der Waals surface area (Å²) in [6.07, 6.45) is 2.62. The molecule has 0 atom stereocenters. The number of carbonyl (C=O) groups is 2. The number of ketones is 1. The van der Waals surface area contributed by atoms with E-state index in [-0.39, 0.29) is 11.7 Å². The molecular formula is C18H17NO2. The number of nitrogens with zero attached hydrogens (tertiary/aromatic N) is 1. The number of allylic oxidation sites excluding steroid dienone is 1. The van der Waals surface area contributed by atoms with Crippen LogP contribution in [0.15, 0.2) is 66.7 Å². The van der Waals surface area contributed by atoms with Crippen molar-refractivity contribution in [3.05, 3.63) is 72.3 Å². The van der Waals surface area contributed by atoms with Crippen molar-refractivity contribution in [2.45, 2.75) is 0 Å². The van der Waals surface area contributed by atoms with Crippen LogP contribution in [-0.2, 0) is 4.79 Å². The number of amides is 1. The molecule has 106 valence electrons. The van der Waals surface area contributed by atoms with Crippen LogP contribution >= 0.6 is 0 Å². The van der Waals surface area contributed by atoms with Crippen LogP contribution in [0.25, 0.3) is 11.1 Å². The van der Waals surface area contributed by atoms with E-state index in [2.05, 4.69) is 0 Å². The molecule has 0 aromatic heterocycles. The van der Waals surface area contributed by atoms with E-state index in [1.807, 2.05) is 48.5 Å². The van der Waals surface area contributed by atoms with Crippen molar-refractivity contribution in [2.75, 3.05) is 14.1 Å². The molecule has 0 unspecified atom stereocenters. The van der Waals surface area contributed by atoms with Crippen LogP contribution in [0.5, 0.6) is 0 Å². The Bertz CT molecular complexity index is 673. The van der Waals surface area contributed by atoms with Gasteiger partial charge in [-0.2, -0.15) is 0 Å². The molecule has 2 aromatic carbocycles. The van der Waals surface area contributed by atoms with E-state index in [1.54, 1.807) is 20.2 Å². The standard InChI is InChI=1S/C18H17NO2/c1-19(2)18(21)13-12-17(20)16-11-7-6-10-15(16)14-8-4-3-5-9-14/h3-13H,1-2H3/b13-12+. The SMILES string of the molecule is CN(C)C(=O)/C=C/C(=O)c1ccccc1-c1ccccc1. The third kappa shape index (κ3) is 3.66. The molecule has 0 aliphatic carbocycles. The van der Waals surface area contributed by atoms with Gasteiger partial charge in [-0.1, -0.05) is 54.6 Å². The van der Waals surface area contributed by atoms with Crippen molar-refractivity contribution in [1.29, 1.82) is 0 Å². The second kappa shape index (κ2) is 6.66. The van der Waals surface area contributed by atoms with Crippen LogP contribution in [0.3, 0.4) is 0 Å². The van der Waals surface area contributed by atoms with Gasteiger partial charge in [-0.05, 0) is 17.2 Å². The van der Waals surface area contributed by atoms with Gasteiger partial charge in [0.25, 0.3) is 0 Å². The molecule has 0 aliphatic rings. The Morgan fingerprint density at radius 1 is 0.857 bits per heavy atom. The first-order valence-electron chi connectivity index (χ1n) is 6.67. The minimum atomic E-state index is -0.208. The Hall–Kier alpha value is -2.68. The maximum atomic E-state index is 12.3. The predicted molar refractivity (Wildman–Crippen MR) is 84.0 cm³/mol. The van der Waals surface area contributed by atoms with E-state index in [0.29, 0.717) is 5.56 Å². The van der Waals surface area contributed by atoms with Crippen LogP contribution < -0.4 is 0 Å². The van der Waals surface area contributed by atoms with Gasteiger partial charge in [0.05, 0.1) is 0 Å². The molecule has 0 radical (unpaired) electrons. The first kappa shape index (κ1) is 14.7. The summed E-state index contributed by atoms with van der Waals surface area (Å²) in [6, 6.07) is 17.1. The van der Waals surface area contributed by atoms with Gasteiger partial charge in [0.1, 0.15) is 0 Å². The summed E-state index contributed by atoms with van der Waals surface area (Å²) in [7, 11) is 3.30. The van der Waals surface area contributed by atoms with Crippen molar-refractivity contribution in [2.24, 2.45) is 0 Å². The minimum absolute atomic E-state index is 0.176. The molecule has 0 N–H and O–H groups in total. The normalized spacial score (nSPS) is 10.6. The number of hydrogen-bond acceptors (Lipinski definition) is 2. The Kier molecular flexibility index (Phi) is 4.67. The summed E-state index contributed by atoms with van der Waals surface area (Å²) >= 11 is 0. The quantitative estimate of drug-likeness (QED) is 0.636. The van der Waals surface area contributed by atoms with Crippen molar-refractivity contribution in [3.8, 4) is 11.1 Å². The van der Waals surface area contributed by atoms with Crippen molar-refractivity contribution in [1.82, 2.24) is 4.90 Å². The average molecular weight is 279 g/mol. The topological polar surface area (TPSA) is 37.4 Å². The number of benzene rings is 2. The van der Waals surface area contributed by atoms with Gasteiger partial charge in [0.15, 0.2) is 5.78 Å². The smallest absolute Gasteiger partial charge is 0.246 e. The van der Waals surface area contributed by atoms with Gasteiger partial charge < -0.3 is 4.90 Å². The molecule has 3 heteroatoms. The molecule has 0 spiro atoms. The second-order valence-corrected chi connectivity index (χ2v) is 4.84. The van der Waals surface area contributed by atoms with Gasteiger partial charge in [-0.3, -0.25) is 9.59 Å². The van der Waals surface area contributed by atoms with Crippen LogP contribution in [0, 0.1) is 0 Å². The van der Waals surface area contributed by atoms with Crippen molar-refractivity contribution < 1.29 is 9.59 Å². The first-order valence-corrected chi connectivity index (χ1v) is 6.67. The third-order valence-electron chi connectivity index (χ3n) is 3.10. The molecule has 0 heterocycles. The fourth-order valence-corrected chi connectivity index (χ4v) is 1.95. The Labute approximate surface area is 124 Å². The molecule has 2 aromatic rings. The molecule has 21 heavy (non-hydrogen) atoms. The lowest BCUT2D eigenvalue weighted by atomic mass is 9.97. The first-order chi connectivity index (χ1) is 10.1. The predicted octanol–water partition coefficient (Wildman–Crippen LogP) is 3.18. The van der Waals surface area contributed by atoms with Gasteiger partial charge in [0.2, 0.25) is 5.91 Å². The Morgan fingerprint density at radius 2 is 1.48 bits per heavy atom. The maximum Gasteiger partial charge on any atom is 0.246 e. The summed E-state index contributed by atoms with van der Waals surface area (Å²) < 4.78 is 0. The highest BCUT2D eigenvalue weighted by Crippen LogP contribution is 2.23. The van der Waals surface area contributed by atoms with E-state index in [0.717, 1.165) is 11.1 Å². The largest absolute Gasteiger partial charge is 0.345 e. The Balaban J connectivity index is 2.33. The van der Waals surface area contributed by atoms with Crippen LogP contribution in [0.2, 0.25) is 0 Å². The molecule has 0 bridgehead atoms. The summed E-state index contributed by atoms with van der Waals surface area (Å²) in [4.78, 5) is 25.3. The summed E-state index contributed by atoms with van der Waals surface area (Å²) in [5.74, 6) is -0.384. The van der Waals surface area contributed by atoms with Crippen LogP contribution in [0.4, 0.5) is 0 Å². The highest BCUT2D eigenvalue weighted by Gasteiger charge is 2.10. The molecular weight excluding hydrogens is 262 g/mol. The lowest BCUT2D eigenvalue weighted by molar-refractivity contribution is -0.123.